The number of hydrogen-bond acceptors (Lipinski definition) is 4. The average molecular weight is 230 g/mol. The molecule has 0 aromatic carbocycles. The van der Waals surface area contributed by atoms with E-state index in [1.54, 1.807) is 6.07 Å². The van der Waals surface area contributed by atoms with Crippen LogP contribution in [0.2, 0.25) is 0 Å². The fourth-order valence-corrected chi connectivity index (χ4v) is 2.54. The number of carbonyl (C=O) groups is 1. The largest absolute Gasteiger partial charge is 0.379 e. The molecule has 0 fully saturated rings. The Balaban J connectivity index is 2.63. The summed E-state index contributed by atoms with van der Waals surface area (Å²) in [4.78, 5) is 12.3. The van der Waals surface area contributed by atoms with Crippen molar-refractivity contribution >= 4 is 28.2 Å². The van der Waals surface area contributed by atoms with Gasteiger partial charge in [0, 0.05) is 9.62 Å². The van der Waals surface area contributed by atoms with Crippen LogP contribution in [-0.4, -0.2) is 15.0 Å². The van der Waals surface area contributed by atoms with Crippen LogP contribution in [0.1, 0.15) is 31.8 Å². The van der Waals surface area contributed by atoms with E-state index >= 15 is 0 Å². The van der Waals surface area contributed by atoms with E-state index in [4.69, 9.17) is 0 Å². The maximum Gasteiger partial charge on any atom is 0.223 e. The first-order chi connectivity index (χ1) is 6.40. The summed E-state index contributed by atoms with van der Waals surface area (Å²) in [6.45, 7) is 5.87. The van der Waals surface area contributed by atoms with Gasteiger partial charge in [0.1, 0.15) is 0 Å². The smallest absolute Gasteiger partial charge is 0.223 e. The van der Waals surface area contributed by atoms with Crippen LogP contribution >= 0.6 is 23.1 Å². The molecule has 0 radical (unpaired) electrons. The second kappa shape index (κ2) is 4.47. The van der Waals surface area contributed by atoms with Crippen molar-refractivity contribution < 1.29 is 9.90 Å². The topological polar surface area (TPSA) is 37.3 Å². The molecule has 14 heavy (non-hydrogen) atoms. The Morgan fingerprint density at radius 3 is 2.64 bits per heavy atom. The molecule has 0 bridgehead atoms. The lowest BCUT2D eigenvalue weighted by atomic mass is 10.3. The van der Waals surface area contributed by atoms with Crippen molar-refractivity contribution in [3.63, 3.8) is 0 Å². The van der Waals surface area contributed by atoms with Gasteiger partial charge in [-0.1, -0.05) is 38.6 Å². The van der Waals surface area contributed by atoms with Gasteiger partial charge in [-0.05, 0) is 11.4 Å². The summed E-state index contributed by atoms with van der Waals surface area (Å²) < 4.78 is -0.144. The summed E-state index contributed by atoms with van der Waals surface area (Å²) in [5.74, 6) is 0. The molecule has 1 N–H and O–H groups in total. The normalized spacial score (nSPS) is 14.0. The number of thioether (sulfide) groups is 1. The molecule has 0 saturated carbocycles. The monoisotopic (exact) mass is 230 g/mol. The van der Waals surface area contributed by atoms with Gasteiger partial charge in [0.25, 0.3) is 0 Å². The third-order valence-electron chi connectivity index (χ3n) is 1.44. The van der Waals surface area contributed by atoms with Crippen LogP contribution in [0.4, 0.5) is 0 Å². The van der Waals surface area contributed by atoms with Gasteiger partial charge in [-0.2, -0.15) is 0 Å². The van der Waals surface area contributed by atoms with Crippen molar-refractivity contribution in [2.75, 3.05) is 0 Å². The van der Waals surface area contributed by atoms with Gasteiger partial charge in [-0.15, -0.1) is 11.3 Å². The molecule has 1 rings (SSSR count). The number of rotatable bonds is 2. The van der Waals surface area contributed by atoms with E-state index in [-0.39, 0.29) is 9.86 Å². The highest BCUT2D eigenvalue weighted by atomic mass is 32.2. The van der Waals surface area contributed by atoms with Crippen molar-refractivity contribution in [1.29, 1.82) is 0 Å². The zero-order valence-corrected chi connectivity index (χ0v) is 10.1. The third kappa shape index (κ3) is 3.44. The third-order valence-corrected chi connectivity index (χ3v) is 3.40. The van der Waals surface area contributed by atoms with Crippen LogP contribution in [0.5, 0.6) is 0 Å². The van der Waals surface area contributed by atoms with Crippen molar-refractivity contribution in [1.82, 2.24) is 0 Å². The first-order valence-electron chi connectivity index (χ1n) is 4.34. The standard InChI is InChI=1S/C10H14O2S2/c1-10(2,3)14-9(12)8(11)7-5-4-6-13-7/h4-6,8,11H,1-3H3. The average Bonchev–Trinajstić information content (AvgIpc) is 2.51. The lowest BCUT2D eigenvalue weighted by molar-refractivity contribution is -0.118. The molecular formula is C10H14O2S2. The quantitative estimate of drug-likeness (QED) is 0.849. The van der Waals surface area contributed by atoms with Crippen LogP contribution in [0, 0.1) is 0 Å². The van der Waals surface area contributed by atoms with Gasteiger partial charge in [-0.3, -0.25) is 4.79 Å². The molecule has 1 aromatic rings. The van der Waals surface area contributed by atoms with Crippen LogP contribution in [-0.2, 0) is 4.79 Å². The molecule has 0 aliphatic rings. The highest BCUT2D eigenvalue weighted by molar-refractivity contribution is 8.14. The minimum Gasteiger partial charge on any atom is -0.379 e. The lowest BCUT2D eigenvalue weighted by Crippen LogP contribution is -2.16. The Kier molecular flexibility index (Phi) is 3.75. The Bertz CT molecular complexity index is 298. The molecule has 0 amide bonds. The van der Waals surface area contributed by atoms with Crippen molar-refractivity contribution in [2.45, 2.75) is 31.6 Å². The second-order valence-electron chi connectivity index (χ2n) is 3.95. The Morgan fingerprint density at radius 2 is 2.21 bits per heavy atom. The number of thiophene rings is 1. The minimum absolute atomic E-state index is 0.144. The molecule has 1 atom stereocenters. The summed E-state index contributed by atoms with van der Waals surface area (Å²) in [7, 11) is 0. The van der Waals surface area contributed by atoms with Crippen LogP contribution in [0.15, 0.2) is 17.5 Å². The predicted molar refractivity (Wildman–Crippen MR) is 61.6 cm³/mol. The Labute approximate surface area is 92.3 Å². The molecule has 2 nitrogen and oxygen atoms in total. The van der Waals surface area contributed by atoms with Gasteiger partial charge in [-0.25, -0.2) is 0 Å². The zero-order valence-electron chi connectivity index (χ0n) is 8.48. The minimum atomic E-state index is -0.973. The van der Waals surface area contributed by atoms with Gasteiger partial charge in [0.15, 0.2) is 6.10 Å². The lowest BCUT2D eigenvalue weighted by Gasteiger charge is -2.17. The maximum absolute atomic E-state index is 11.6. The molecule has 4 heteroatoms. The van der Waals surface area contributed by atoms with Gasteiger partial charge in [0.05, 0.1) is 0 Å². The molecular weight excluding hydrogens is 216 g/mol. The Morgan fingerprint density at radius 1 is 1.57 bits per heavy atom. The summed E-state index contributed by atoms with van der Waals surface area (Å²) in [6.07, 6.45) is -0.973. The summed E-state index contributed by atoms with van der Waals surface area (Å²) in [6, 6.07) is 3.61. The molecule has 0 saturated heterocycles. The van der Waals surface area contributed by atoms with E-state index in [2.05, 4.69) is 0 Å². The molecule has 1 heterocycles. The van der Waals surface area contributed by atoms with Crippen LogP contribution in [0.25, 0.3) is 0 Å². The fraction of sp³-hybridized carbons (Fsp3) is 0.500. The van der Waals surface area contributed by atoms with E-state index in [0.29, 0.717) is 4.88 Å². The number of aliphatic hydroxyl groups excluding tert-OH is 1. The first-order valence-corrected chi connectivity index (χ1v) is 6.04. The number of aliphatic hydroxyl groups is 1. The second-order valence-corrected chi connectivity index (χ2v) is 6.76. The highest BCUT2D eigenvalue weighted by Crippen LogP contribution is 2.31. The SMILES string of the molecule is CC(C)(C)SC(=O)C(O)c1cccs1. The summed E-state index contributed by atoms with van der Waals surface area (Å²) >= 11 is 2.58. The van der Waals surface area contributed by atoms with Gasteiger partial charge >= 0.3 is 0 Å². The number of hydrogen-bond donors (Lipinski definition) is 1. The molecule has 78 valence electrons. The zero-order chi connectivity index (χ0) is 10.8. The van der Waals surface area contributed by atoms with E-state index < -0.39 is 6.10 Å². The van der Waals surface area contributed by atoms with Gasteiger partial charge in [0.2, 0.25) is 5.12 Å². The molecule has 1 aromatic heterocycles. The highest BCUT2D eigenvalue weighted by Gasteiger charge is 2.24. The first kappa shape index (κ1) is 11.8. The van der Waals surface area contributed by atoms with Crippen molar-refractivity contribution in [3.05, 3.63) is 22.4 Å². The Hall–Kier alpha value is -0.320. The molecule has 0 spiro atoms. The van der Waals surface area contributed by atoms with Crippen molar-refractivity contribution in [2.24, 2.45) is 0 Å². The fourth-order valence-electron chi connectivity index (χ4n) is 0.921. The maximum atomic E-state index is 11.6. The summed E-state index contributed by atoms with van der Waals surface area (Å²) in [5.41, 5.74) is 0. The van der Waals surface area contributed by atoms with E-state index in [9.17, 15) is 9.90 Å². The van der Waals surface area contributed by atoms with E-state index in [1.807, 2.05) is 32.2 Å². The van der Waals surface area contributed by atoms with Gasteiger partial charge < -0.3 is 5.11 Å². The molecule has 0 aliphatic heterocycles. The molecule has 1 unspecified atom stereocenters. The van der Waals surface area contributed by atoms with Crippen molar-refractivity contribution in [3.8, 4) is 0 Å². The van der Waals surface area contributed by atoms with E-state index in [0.717, 1.165) is 0 Å². The number of carbonyl (C=O) groups excluding carboxylic acids is 1. The van der Waals surface area contributed by atoms with Crippen LogP contribution < -0.4 is 0 Å². The van der Waals surface area contributed by atoms with E-state index in [1.165, 1.54) is 23.1 Å². The summed E-state index contributed by atoms with van der Waals surface area (Å²) in [5, 5.41) is 11.4. The predicted octanol–water partition coefficient (Wildman–Crippen LogP) is 2.84. The molecule has 0 aliphatic carbocycles. The van der Waals surface area contributed by atoms with Crippen LogP contribution in [0.3, 0.4) is 0 Å².